The van der Waals surface area contributed by atoms with Crippen LogP contribution in [0.4, 0.5) is 5.69 Å². The minimum Gasteiger partial charge on any atom is -0.497 e. The number of carbonyl (C=O) groups excluding carboxylic acids is 1. The molecule has 20 heavy (non-hydrogen) atoms. The molecule has 0 saturated heterocycles. The molecule has 0 aliphatic carbocycles. The lowest BCUT2D eigenvalue weighted by molar-refractivity contribution is 0.100. The van der Waals surface area contributed by atoms with Crippen LogP contribution in [0.25, 0.3) is 0 Å². The fourth-order valence-corrected chi connectivity index (χ4v) is 2.00. The first kappa shape index (κ1) is 14.4. The van der Waals surface area contributed by atoms with E-state index in [0.29, 0.717) is 17.1 Å². The highest BCUT2D eigenvalue weighted by Crippen LogP contribution is 2.18. The number of carbonyl (C=O) groups is 1. The molecule has 0 radical (unpaired) electrons. The van der Waals surface area contributed by atoms with Crippen LogP contribution in [-0.4, -0.2) is 26.5 Å². The summed E-state index contributed by atoms with van der Waals surface area (Å²) in [5.41, 5.74) is 1.63. The number of likely N-dealkylation sites (N-methyl/N-ethyl adjacent to an activating group) is 1. The predicted octanol–water partition coefficient (Wildman–Crippen LogP) is 3.67. The first-order chi connectivity index (χ1) is 9.60. The Bertz CT molecular complexity index is 578. The van der Waals surface area contributed by atoms with Gasteiger partial charge >= 0.3 is 0 Å². The van der Waals surface area contributed by atoms with Gasteiger partial charge in [0, 0.05) is 23.3 Å². The van der Waals surface area contributed by atoms with Gasteiger partial charge in [0.15, 0.2) is 5.78 Å². The molecule has 0 heterocycles. The van der Waals surface area contributed by atoms with E-state index in [0.717, 1.165) is 11.4 Å². The fraction of sp³-hybridized carbons (Fsp3) is 0.188. The van der Waals surface area contributed by atoms with Crippen LogP contribution in [0.2, 0.25) is 5.02 Å². The molecule has 2 aromatic rings. The minimum absolute atomic E-state index is 0.0555. The molecule has 0 N–H and O–H groups in total. The van der Waals surface area contributed by atoms with Crippen LogP contribution in [0.1, 0.15) is 10.4 Å². The molecule has 0 saturated carbocycles. The Labute approximate surface area is 123 Å². The van der Waals surface area contributed by atoms with E-state index in [-0.39, 0.29) is 5.78 Å². The van der Waals surface area contributed by atoms with Gasteiger partial charge in [-0.25, -0.2) is 0 Å². The van der Waals surface area contributed by atoms with E-state index in [1.54, 1.807) is 31.4 Å². The first-order valence-corrected chi connectivity index (χ1v) is 6.62. The summed E-state index contributed by atoms with van der Waals surface area (Å²) in [5.74, 6) is 0.853. The molecular formula is C16H16ClNO2. The number of hydrogen-bond donors (Lipinski definition) is 0. The summed E-state index contributed by atoms with van der Waals surface area (Å²) >= 11 is 5.81. The molecule has 0 unspecified atom stereocenters. The van der Waals surface area contributed by atoms with Crippen molar-refractivity contribution in [1.29, 1.82) is 0 Å². The van der Waals surface area contributed by atoms with E-state index in [2.05, 4.69) is 0 Å². The van der Waals surface area contributed by atoms with Gasteiger partial charge in [-0.2, -0.15) is 0 Å². The van der Waals surface area contributed by atoms with E-state index in [9.17, 15) is 4.79 Å². The molecule has 2 rings (SSSR count). The van der Waals surface area contributed by atoms with E-state index in [1.165, 1.54) is 0 Å². The third-order valence-corrected chi connectivity index (χ3v) is 3.31. The van der Waals surface area contributed by atoms with Crippen molar-refractivity contribution in [2.75, 3.05) is 25.6 Å². The fourth-order valence-electron chi connectivity index (χ4n) is 1.87. The van der Waals surface area contributed by atoms with Crippen LogP contribution >= 0.6 is 11.6 Å². The summed E-state index contributed by atoms with van der Waals surface area (Å²) in [6.07, 6.45) is 0. The van der Waals surface area contributed by atoms with Gasteiger partial charge in [-0.15, -0.1) is 0 Å². The number of hydrogen-bond acceptors (Lipinski definition) is 3. The Hall–Kier alpha value is -2.00. The van der Waals surface area contributed by atoms with Gasteiger partial charge in [0.1, 0.15) is 5.75 Å². The first-order valence-electron chi connectivity index (χ1n) is 6.24. The van der Waals surface area contributed by atoms with E-state index in [4.69, 9.17) is 16.3 Å². The molecule has 2 aromatic carbocycles. The smallest absolute Gasteiger partial charge is 0.182 e. The Kier molecular flexibility index (Phi) is 4.64. The maximum Gasteiger partial charge on any atom is 0.182 e. The molecule has 0 aromatic heterocycles. The largest absolute Gasteiger partial charge is 0.497 e. The number of nitrogens with zero attached hydrogens (tertiary/aromatic N) is 1. The zero-order valence-corrected chi connectivity index (χ0v) is 12.2. The Morgan fingerprint density at radius 1 is 1.10 bits per heavy atom. The van der Waals surface area contributed by atoms with E-state index >= 15 is 0 Å². The van der Waals surface area contributed by atoms with Crippen molar-refractivity contribution in [2.45, 2.75) is 0 Å². The van der Waals surface area contributed by atoms with Crippen LogP contribution in [0.15, 0.2) is 48.5 Å². The van der Waals surface area contributed by atoms with Crippen molar-refractivity contribution < 1.29 is 9.53 Å². The molecule has 0 bridgehead atoms. The second-order valence-electron chi connectivity index (χ2n) is 4.48. The molecule has 0 aliphatic heterocycles. The number of ether oxygens (including phenoxy) is 1. The number of Topliss-reactive ketones (excluding diaryl/α,β-unsaturated/α-hetero) is 1. The van der Waals surface area contributed by atoms with Crippen LogP contribution in [0.3, 0.4) is 0 Å². The summed E-state index contributed by atoms with van der Waals surface area (Å²) in [4.78, 5) is 14.1. The van der Waals surface area contributed by atoms with Gasteiger partial charge in [-0.05, 0) is 48.5 Å². The Balaban J connectivity index is 2.04. The number of anilines is 1. The number of ketones is 1. The molecule has 0 amide bonds. The monoisotopic (exact) mass is 289 g/mol. The van der Waals surface area contributed by atoms with Crippen molar-refractivity contribution in [3.63, 3.8) is 0 Å². The highest BCUT2D eigenvalue weighted by molar-refractivity contribution is 6.30. The second-order valence-corrected chi connectivity index (χ2v) is 4.92. The maximum absolute atomic E-state index is 12.2. The van der Waals surface area contributed by atoms with Crippen LogP contribution < -0.4 is 9.64 Å². The normalized spacial score (nSPS) is 10.2. The third-order valence-electron chi connectivity index (χ3n) is 3.06. The van der Waals surface area contributed by atoms with Crippen LogP contribution in [0.5, 0.6) is 5.75 Å². The molecular weight excluding hydrogens is 274 g/mol. The topological polar surface area (TPSA) is 29.5 Å². The average Bonchev–Trinajstić information content (AvgIpc) is 2.48. The zero-order chi connectivity index (χ0) is 14.5. The number of rotatable bonds is 5. The summed E-state index contributed by atoms with van der Waals surface area (Å²) in [6, 6.07) is 14.5. The molecule has 4 heteroatoms. The average molecular weight is 290 g/mol. The van der Waals surface area contributed by atoms with Gasteiger partial charge in [0.2, 0.25) is 0 Å². The van der Waals surface area contributed by atoms with Crippen molar-refractivity contribution in [3.8, 4) is 5.75 Å². The van der Waals surface area contributed by atoms with E-state index in [1.807, 2.05) is 36.2 Å². The van der Waals surface area contributed by atoms with Crippen LogP contribution in [0, 0.1) is 0 Å². The zero-order valence-electron chi connectivity index (χ0n) is 11.5. The molecule has 0 atom stereocenters. The van der Waals surface area contributed by atoms with Crippen molar-refractivity contribution in [1.82, 2.24) is 0 Å². The third kappa shape index (κ3) is 3.52. The number of benzene rings is 2. The lowest BCUT2D eigenvalue weighted by Gasteiger charge is -2.18. The summed E-state index contributed by atoms with van der Waals surface area (Å²) in [5, 5.41) is 0.630. The summed E-state index contributed by atoms with van der Waals surface area (Å²) < 4.78 is 5.11. The van der Waals surface area contributed by atoms with Gasteiger partial charge < -0.3 is 9.64 Å². The lowest BCUT2D eigenvalue weighted by Crippen LogP contribution is -2.25. The molecule has 0 fully saturated rings. The molecule has 3 nitrogen and oxygen atoms in total. The van der Waals surface area contributed by atoms with Crippen LogP contribution in [-0.2, 0) is 0 Å². The molecule has 0 spiro atoms. The lowest BCUT2D eigenvalue weighted by atomic mass is 10.1. The van der Waals surface area contributed by atoms with Crippen molar-refractivity contribution in [3.05, 3.63) is 59.1 Å². The second kappa shape index (κ2) is 6.44. The highest BCUT2D eigenvalue weighted by Gasteiger charge is 2.10. The standard InChI is InChI=1S/C16H16ClNO2/c1-18(14-7-9-15(20-2)10-8-14)11-16(19)12-3-5-13(17)6-4-12/h3-10H,11H2,1-2H3. The molecule has 104 valence electrons. The Morgan fingerprint density at radius 2 is 1.70 bits per heavy atom. The quantitative estimate of drug-likeness (QED) is 0.787. The summed E-state index contributed by atoms with van der Waals surface area (Å²) in [6.45, 7) is 0.313. The van der Waals surface area contributed by atoms with Gasteiger partial charge in [-0.1, -0.05) is 11.6 Å². The van der Waals surface area contributed by atoms with Gasteiger partial charge in [-0.3, -0.25) is 4.79 Å². The SMILES string of the molecule is COc1ccc(N(C)CC(=O)c2ccc(Cl)cc2)cc1. The predicted molar refractivity (Wildman–Crippen MR) is 82.0 cm³/mol. The summed E-state index contributed by atoms with van der Waals surface area (Å²) in [7, 11) is 3.51. The number of halogens is 1. The van der Waals surface area contributed by atoms with Crippen molar-refractivity contribution in [2.24, 2.45) is 0 Å². The number of methoxy groups -OCH3 is 1. The highest BCUT2D eigenvalue weighted by atomic mass is 35.5. The Morgan fingerprint density at radius 3 is 2.25 bits per heavy atom. The van der Waals surface area contributed by atoms with E-state index < -0.39 is 0 Å². The minimum atomic E-state index is 0.0555. The van der Waals surface area contributed by atoms with Gasteiger partial charge in [0.25, 0.3) is 0 Å². The van der Waals surface area contributed by atoms with Crippen molar-refractivity contribution >= 4 is 23.1 Å². The maximum atomic E-state index is 12.2. The molecule has 0 aliphatic rings. The van der Waals surface area contributed by atoms with Gasteiger partial charge in [0.05, 0.1) is 13.7 Å².